The zero-order valence-electron chi connectivity index (χ0n) is 43.3. The molecule has 15 nitrogen and oxygen atoms in total. The van der Waals surface area contributed by atoms with E-state index in [2.05, 4.69) is 0 Å². The molecule has 0 saturated heterocycles. The molecule has 15 heteroatoms. The number of rotatable bonds is 18. The van der Waals surface area contributed by atoms with Crippen LogP contribution in [0.4, 0.5) is 0 Å². The summed E-state index contributed by atoms with van der Waals surface area (Å²) in [4.78, 5) is 52.4. The number of aliphatic hydroxyl groups excluding tert-OH is 2. The number of nitrogens with zero attached hydrogens (tertiary/aromatic N) is 1. The summed E-state index contributed by atoms with van der Waals surface area (Å²) < 4.78 is 47.1. The third kappa shape index (κ3) is 19.5. The maximum Gasteiger partial charge on any atom is 0.331 e. The average Bonchev–Trinajstić information content (AvgIpc) is 3.32. The van der Waals surface area contributed by atoms with Gasteiger partial charge in [0.1, 0.15) is 24.1 Å². The van der Waals surface area contributed by atoms with Gasteiger partial charge in [-0.15, -0.1) is 0 Å². The molecule has 0 unspecified atom stereocenters. The number of hydrogen-bond acceptors (Lipinski definition) is 14. The van der Waals surface area contributed by atoms with Gasteiger partial charge in [0, 0.05) is 117 Å². The van der Waals surface area contributed by atoms with Gasteiger partial charge in [0.15, 0.2) is 0 Å². The molecule has 16 atom stereocenters. The number of hydrogen-bond donors (Lipinski definition) is 2. The quantitative estimate of drug-likeness (QED) is 0.0821. The first-order chi connectivity index (χ1) is 32.3. The molecular formula is C53H85NO14. The van der Waals surface area contributed by atoms with E-state index < -0.39 is 72.8 Å². The number of Topliss-reactive ketones (excluding diaryl/α,β-unsaturated/α-hetero) is 1. The van der Waals surface area contributed by atoms with Gasteiger partial charge in [0.2, 0.25) is 6.41 Å². The Morgan fingerprint density at radius 3 is 2.09 bits per heavy atom. The van der Waals surface area contributed by atoms with E-state index in [9.17, 15) is 29.4 Å². The number of aliphatic hydroxyl groups is 2. The van der Waals surface area contributed by atoms with Crippen molar-refractivity contribution >= 4 is 24.1 Å². The molecule has 0 fully saturated rings. The second-order valence-electron chi connectivity index (χ2n) is 18.8. The molecule has 0 aliphatic carbocycles. The topological polar surface area (TPSA) is 186 Å². The lowest BCUT2D eigenvalue weighted by Crippen LogP contribution is -2.46. The second kappa shape index (κ2) is 31.4. The van der Waals surface area contributed by atoms with E-state index >= 15 is 0 Å². The number of ether oxygens (including phenoxy) is 8. The highest BCUT2D eigenvalue weighted by Crippen LogP contribution is 2.33. The summed E-state index contributed by atoms with van der Waals surface area (Å²) in [5, 5.41) is 23.0. The molecule has 2 aliphatic heterocycles. The van der Waals surface area contributed by atoms with Crippen LogP contribution in [-0.4, -0.2) is 150 Å². The van der Waals surface area contributed by atoms with Gasteiger partial charge < -0.3 is 53.0 Å². The first-order valence-corrected chi connectivity index (χ1v) is 24.0. The second-order valence-corrected chi connectivity index (χ2v) is 18.8. The average molecular weight is 960 g/mol. The van der Waals surface area contributed by atoms with Gasteiger partial charge >= 0.3 is 11.9 Å². The van der Waals surface area contributed by atoms with Gasteiger partial charge in [-0.2, -0.15) is 0 Å². The summed E-state index contributed by atoms with van der Waals surface area (Å²) >= 11 is 0. The predicted octanol–water partition coefficient (Wildman–Crippen LogP) is 6.91. The van der Waals surface area contributed by atoms with Crippen LogP contribution in [-0.2, 0) is 57.1 Å². The number of cyclic esters (lactones) is 1. The molecule has 386 valence electrons. The van der Waals surface area contributed by atoms with Gasteiger partial charge in [-0.3, -0.25) is 9.59 Å². The molecule has 1 amide bonds. The highest BCUT2D eigenvalue weighted by molar-refractivity contribution is 5.84. The number of ketones is 1. The van der Waals surface area contributed by atoms with Crippen molar-refractivity contribution in [2.45, 2.75) is 154 Å². The Kier molecular flexibility index (Phi) is 27.9. The van der Waals surface area contributed by atoms with Gasteiger partial charge in [0.05, 0.1) is 42.7 Å². The van der Waals surface area contributed by atoms with Gasteiger partial charge in [-0.1, -0.05) is 89.6 Å². The molecule has 68 heavy (non-hydrogen) atoms. The van der Waals surface area contributed by atoms with Crippen LogP contribution in [0.3, 0.4) is 0 Å². The fourth-order valence-electron chi connectivity index (χ4n) is 9.13. The molecule has 2 N–H and O–H groups in total. The molecule has 0 aromatic carbocycles. The molecular weight excluding hydrogens is 875 g/mol. The number of carbonyl (C=O) groups is 4. The van der Waals surface area contributed by atoms with Crippen molar-refractivity contribution in [3.8, 4) is 0 Å². The molecule has 0 saturated carbocycles. The standard InChI is InChI=1S/C53H85NO14/c1-33-17-15-19-48(58)67-52(39(7)51(66-14)35(3)22-25-44(56)37(5)46(64-12)18-16-26-54(8)32-55)36(4)21-24-41(61-9)30-45(57)34(2)20-23-42(62-10)31-47(65-13)38(6)53-50(60)40(29-49(59)68-53)28-43(27-33)63-11/h15-17,19-21,23-24,26,29,32,34-39,41-43,45-47,50-53,57,60H,18,22,25,27-28,30-31H2,1-14H3/b19-15?,23-20?,24-21?,26-16+,33-17?/t34-,35-,36-,37-,38+,39-,41-,42+,43+,45-,46+,47-,50-,51-,52-,53-/m0/s1. The number of carbonyl (C=O) groups excluding carboxylic acids is 4. The Balaban J connectivity index is 2.49. The fourth-order valence-corrected chi connectivity index (χ4v) is 9.13. The van der Waals surface area contributed by atoms with E-state index in [-0.39, 0.29) is 54.3 Å². The van der Waals surface area contributed by atoms with E-state index in [1.165, 1.54) is 17.1 Å². The minimum absolute atomic E-state index is 0.0505. The van der Waals surface area contributed by atoms with Crippen LogP contribution in [0.2, 0.25) is 0 Å². The minimum Gasteiger partial charge on any atom is -0.458 e. The van der Waals surface area contributed by atoms with Crippen molar-refractivity contribution in [2.24, 2.45) is 35.5 Å². The normalized spacial score (nSPS) is 30.9. The molecule has 2 rings (SSSR count). The first-order valence-electron chi connectivity index (χ1n) is 24.0. The third-order valence-electron chi connectivity index (χ3n) is 13.8. The first kappa shape index (κ1) is 60.3. The van der Waals surface area contributed by atoms with Crippen molar-refractivity contribution in [2.75, 3.05) is 49.7 Å². The van der Waals surface area contributed by atoms with E-state index in [1.807, 2.05) is 78.8 Å². The monoisotopic (exact) mass is 960 g/mol. The van der Waals surface area contributed by atoms with Crippen LogP contribution < -0.4 is 0 Å². The number of allylic oxidation sites excluding steroid dienone is 2. The fraction of sp³-hybridized carbons (Fsp3) is 0.698. The molecule has 2 aliphatic rings. The third-order valence-corrected chi connectivity index (χ3v) is 13.8. The van der Waals surface area contributed by atoms with Crippen LogP contribution in [0.25, 0.3) is 0 Å². The Hall–Kier alpha value is -3.80. The maximum absolute atomic E-state index is 13.7. The number of amides is 1. The molecule has 0 aromatic rings. The van der Waals surface area contributed by atoms with Crippen LogP contribution >= 0.6 is 0 Å². The van der Waals surface area contributed by atoms with Crippen molar-refractivity contribution in [3.05, 3.63) is 72.0 Å². The SMILES string of the molecule is CO[C@@H]1CC(C)=CC=CC(=O)O[C@H]([C@@H](C)[C@@H](OC)[C@@H](C)CCC(=O)[C@H](C)[C@@H](C/C=C/N(C)C=O)OC)[C@@H](C)C=C[C@H](OC)C[C@H](O)[C@@H](C)C=C[C@@H](OC)C[C@H](OC)[C@@H](C)[C@@H]2OC(=O)C=C(C1)[C@@H]2O. The summed E-state index contributed by atoms with van der Waals surface area (Å²) in [6.45, 7) is 13.5. The van der Waals surface area contributed by atoms with E-state index in [0.29, 0.717) is 44.1 Å². The number of methoxy groups -OCH3 is 6. The van der Waals surface area contributed by atoms with Crippen molar-refractivity contribution in [3.63, 3.8) is 0 Å². The van der Waals surface area contributed by atoms with Crippen LogP contribution in [0, 0.1) is 35.5 Å². The molecule has 0 radical (unpaired) electrons. The molecule has 2 bridgehead atoms. The summed E-state index contributed by atoms with van der Waals surface area (Å²) in [6.07, 6.45) is 14.6. The van der Waals surface area contributed by atoms with E-state index in [0.717, 1.165) is 5.57 Å². The van der Waals surface area contributed by atoms with Crippen LogP contribution in [0.1, 0.15) is 93.4 Å². The minimum atomic E-state index is -1.10. The zero-order valence-corrected chi connectivity index (χ0v) is 43.3. The van der Waals surface area contributed by atoms with Crippen molar-refractivity contribution in [1.82, 2.24) is 4.90 Å². The van der Waals surface area contributed by atoms with Gasteiger partial charge in [-0.25, -0.2) is 9.59 Å². The largest absolute Gasteiger partial charge is 0.458 e. The highest BCUT2D eigenvalue weighted by atomic mass is 16.6. The Morgan fingerprint density at radius 2 is 1.50 bits per heavy atom. The number of esters is 2. The van der Waals surface area contributed by atoms with Crippen LogP contribution in [0.15, 0.2) is 72.0 Å². The van der Waals surface area contributed by atoms with Gasteiger partial charge in [-0.05, 0) is 44.1 Å². The summed E-state index contributed by atoms with van der Waals surface area (Å²) in [7, 11) is 11.1. The van der Waals surface area contributed by atoms with Crippen molar-refractivity contribution in [1.29, 1.82) is 0 Å². The predicted molar refractivity (Wildman–Crippen MR) is 261 cm³/mol. The highest BCUT2D eigenvalue weighted by Gasteiger charge is 2.40. The lowest BCUT2D eigenvalue weighted by atomic mass is 9.81. The molecule has 2 heterocycles. The van der Waals surface area contributed by atoms with Crippen molar-refractivity contribution < 1.29 is 67.3 Å². The van der Waals surface area contributed by atoms with E-state index in [1.54, 1.807) is 68.1 Å². The van der Waals surface area contributed by atoms with Gasteiger partial charge in [0.25, 0.3) is 0 Å². The van der Waals surface area contributed by atoms with E-state index in [4.69, 9.17) is 37.9 Å². The molecule has 0 spiro atoms. The summed E-state index contributed by atoms with van der Waals surface area (Å²) in [5.41, 5.74) is 1.38. The Morgan fingerprint density at radius 1 is 0.853 bits per heavy atom. The Bertz CT molecular complexity index is 1720. The Labute approximate surface area is 406 Å². The lowest BCUT2D eigenvalue weighted by molar-refractivity contribution is -0.160. The van der Waals surface area contributed by atoms with Crippen LogP contribution in [0.5, 0.6) is 0 Å². The smallest absolute Gasteiger partial charge is 0.331 e. The molecule has 0 aromatic heterocycles. The lowest BCUT2D eigenvalue weighted by Gasteiger charge is -2.37. The summed E-state index contributed by atoms with van der Waals surface area (Å²) in [5.74, 6) is -2.91. The number of fused-ring (bicyclic) bond motifs is 2. The summed E-state index contributed by atoms with van der Waals surface area (Å²) in [6, 6.07) is 0. The maximum atomic E-state index is 13.7. The zero-order chi connectivity index (χ0) is 51.1.